The van der Waals surface area contributed by atoms with Gasteiger partial charge in [0.2, 0.25) is 5.91 Å². The van der Waals surface area contributed by atoms with Crippen LogP contribution in [0.4, 0.5) is 0 Å². The molecule has 0 aliphatic rings. The maximum Gasteiger partial charge on any atom is 0.304 e. The minimum atomic E-state index is -0.539. The van der Waals surface area contributed by atoms with E-state index in [1.54, 1.807) is 6.92 Å². The van der Waals surface area contributed by atoms with E-state index >= 15 is 0 Å². The van der Waals surface area contributed by atoms with E-state index < -0.39 is 12.2 Å². The number of rotatable bonds is 6. The van der Waals surface area contributed by atoms with Gasteiger partial charge in [-0.25, -0.2) is 0 Å². The highest BCUT2D eigenvalue weighted by atomic mass is 16.6. The van der Waals surface area contributed by atoms with E-state index in [2.05, 4.69) is 10.9 Å². The molecule has 0 aromatic heterocycles. The summed E-state index contributed by atoms with van der Waals surface area (Å²) in [4.78, 5) is 22.1. The summed E-state index contributed by atoms with van der Waals surface area (Å²) in [6.45, 7) is 2.95. The van der Waals surface area contributed by atoms with Gasteiger partial charge in [-0.1, -0.05) is 30.3 Å². The summed E-state index contributed by atoms with van der Waals surface area (Å²) in [6, 6.07) is 9.76. The lowest BCUT2D eigenvalue weighted by molar-refractivity contribution is -0.148. The Hall–Kier alpha value is -1.88. The second-order valence-electron chi connectivity index (χ2n) is 3.93. The van der Waals surface area contributed by atoms with Crippen molar-refractivity contribution in [2.24, 2.45) is 0 Å². The van der Waals surface area contributed by atoms with Crippen LogP contribution in [-0.2, 0) is 20.7 Å². The van der Waals surface area contributed by atoms with Crippen molar-refractivity contribution < 1.29 is 14.3 Å². The fraction of sp³-hybridized carbons (Fsp3) is 0.385. The molecule has 1 unspecified atom stereocenters. The molecule has 0 aliphatic carbocycles. The van der Waals surface area contributed by atoms with Gasteiger partial charge >= 0.3 is 5.97 Å². The van der Waals surface area contributed by atoms with Gasteiger partial charge in [-0.05, 0) is 18.9 Å². The predicted molar refractivity (Wildman–Crippen MR) is 67.3 cm³/mol. The van der Waals surface area contributed by atoms with Crippen molar-refractivity contribution in [3.63, 3.8) is 0 Å². The largest absolute Gasteiger partial charge is 0.445 e. The molecule has 0 spiro atoms. The molecule has 1 atom stereocenters. The minimum Gasteiger partial charge on any atom is -0.445 e. The third kappa shape index (κ3) is 6.00. The maximum absolute atomic E-state index is 11.5. The smallest absolute Gasteiger partial charge is 0.304 e. The molecule has 18 heavy (non-hydrogen) atoms. The normalized spacial score (nSPS) is 11.7. The summed E-state index contributed by atoms with van der Waals surface area (Å²) in [6.07, 6.45) is 0.517. The highest BCUT2D eigenvalue weighted by molar-refractivity contribution is 5.75. The number of benzene rings is 1. The molecule has 0 aliphatic heterocycles. The second-order valence-corrected chi connectivity index (χ2v) is 3.93. The first-order valence-electron chi connectivity index (χ1n) is 5.83. The van der Waals surface area contributed by atoms with Crippen LogP contribution in [0.25, 0.3) is 0 Å². The molecule has 0 fully saturated rings. The SMILES string of the molecule is CC(=O)OC(C)NNC(=O)CCc1ccccc1. The number of carbonyl (C=O) groups is 2. The van der Waals surface area contributed by atoms with Crippen molar-refractivity contribution in [1.29, 1.82) is 0 Å². The van der Waals surface area contributed by atoms with Crippen molar-refractivity contribution in [1.82, 2.24) is 10.9 Å². The predicted octanol–water partition coefficient (Wildman–Crippen LogP) is 1.15. The monoisotopic (exact) mass is 250 g/mol. The highest BCUT2D eigenvalue weighted by Crippen LogP contribution is 2.01. The van der Waals surface area contributed by atoms with E-state index in [-0.39, 0.29) is 5.91 Å². The molecular weight excluding hydrogens is 232 g/mol. The van der Waals surface area contributed by atoms with Gasteiger partial charge < -0.3 is 4.74 Å². The number of hydrogen-bond acceptors (Lipinski definition) is 4. The topological polar surface area (TPSA) is 67.4 Å². The van der Waals surface area contributed by atoms with Crippen molar-refractivity contribution in [3.05, 3.63) is 35.9 Å². The molecule has 1 rings (SSSR count). The summed E-state index contributed by atoms with van der Waals surface area (Å²) in [5.74, 6) is -0.536. The van der Waals surface area contributed by atoms with E-state index in [1.165, 1.54) is 6.92 Å². The molecule has 98 valence electrons. The Morgan fingerprint density at radius 3 is 2.56 bits per heavy atom. The Morgan fingerprint density at radius 1 is 1.28 bits per heavy atom. The quantitative estimate of drug-likeness (QED) is 0.451. The molecule has 5 heteroatoms. The molecule has 1 aromatic carbocycles. The zero-order chi connectivity index (χ0) is 13.4. The van der Waals surface area contributed by atoms with Crippen LogP contribution >= 0.6 is 0 Å². The van der Waals surface area contributed by atoms with E-state index in [0.717, 1.165) is 5.56 Å². The van der Waals surface area contributed by atoms with Gasteiger partial charge in [-0.15, -0.1) is 0 Å². The first-order chi connectivity index (χ1) is 8.58. The fourth-order valence-electron chi connectivity index (χ4n) is 1.43. The van der Waals surface area contributed by atoms with Gasteiger partial charge in [0.1, 0.15) is 0 Å². The zero-order valence-electron chi connectivity index (χ0n) is 10.6. The van der Waals surface area contributed by atoms with Crippen molar-refractivity contribution in [2.45, 2.75) is 32.9 Å². The molecular formula is C13H18N2O3. The van der Waals surface area contributed by atoms with Crippen LogP contribution < -0.4 is 10.9 Å². The lowest BCUT2D eigenvalue weighted by Gasteiger charge is -2.14. The molecule has 0 saturated carbocycles. The Balaban J connectivity index is 2.20. The molecule has 0 bridgehead atoms. The number of nitrogens with one attached hydrogen (secondary N) is 2. The van der Waals surface area contributed by atoms with Crippen LogP contribution in [0, 0.1) is 0 Å². The van der Waals surface area contributed by atoms with Gasteiger partial charge in [-0.2, -0.15) is 5.43 Å². The first kappa shape index (κ1) is 14.2. The summed E-state index contributed by atoms with van der Waals surface area (Å²) in [5, 5.41) is 0. The van der Waals surface area contributed by atoms with Gasteiger partial charge in [0.25, 0.3) is 0 Å². The lowest BCUT2D eigenvalue weighted by atomic mass is 10.1. The van der Waals surface area contributed by atoms with Crippen molar-refractivity contribution in [3.8, 4) is 0 Å². The average molecular weight is 250 g/mol. The molecule has 2 N–H and O–H groups in total. The van der Waals surface area contributed by atoms with Crippen LogP contribution in [-0.4, -0.2) is 18.1 Å². The molecule has 0 radical (unpaired) electrons. The Kier molecular flexibility index (Phi) is 5.87. The number of esters is 1. The lowest BCUT2D eigenvalue weighted by Crippen LogP contribution is -2.44. The van der Waals surface area contributed by atoms with E-state index in [0.29, 0.717) is 12.8 Å². The van der Waals surface area contributed by atoms with Gasteiger partial charge in [0.05, 0.1) is 0 Å². The number of hydrazine groups is 1. The van der Waals surface area contributed by atoms with Crippen LogP contribution in [0.1, 0.15) is 25.8 Å². The first-order valence-corrected chi connectivity index (χ1v) is 5.83. The van der Waals surface area contributed by atoms with Crippen molar-refractivity contribution >= 4 is 11.9 Å². The van der Waals surface area contributed by atoms with Gasteiger partial charge in [0, 0.05) is 13.3 Å². The number of aryl methyl sites for hydroxylation is 1. The van der Waals surface area contributed by atoms with Crippen molar-refractivity contribution in [2.75, 3.05) is 0 Å². The van der Waals surface area contributed by atoms with E-state index in [1.807, 2.05) is 30.3 Å². The molecule has 0 heterocycles. The molecule has 1 amide bonds. The van der Waals surface area contributed by atoms with E-state index in [9.17, 15) is 9.59 Å². The highest BCUT2D eigenvalue weighted by Gasteiger charge is 2.06. The Morgan fingerprint density at radius 2 is 1.94 bits per heavy atom. The minimum absolute atomic E-state index is 0.141. The van der Waals surface area contributed by atoms with E-state index in [4.69, 9.17) is 4.74 Å². The number of carbonyl (C=O) groups excluding carboxylic acids is 2. The summed E-state index contributed by atoms with van der Waals surface area (Å²) >= 11 is 0. The zero-order valence-corrected chi connectivity index (χ0v) is 10.6. The van der Waals surface area contributed by atoms with Gasteiger partial charge in [0.15, 0.2) is 6.23 Å². The van der Waals surface area contributed by atoms with Crippen LogP contribution in [0.2, 0.25) is 0 Å². The Labute approximate surface area is 106 Å². The van der Waals surface area contributed by atoms with Crippen LogP contribution in [0.15, 0.2) is 30.3 Å². The third-order valence-electron chi connectivity index (χ3n) is 2.24. The summed E-state index contributed by atoms with van der Waals surface area (Å²) in [7, 11) is 0. The number of amides is 1. The molecule has 5 nitrogen and oxygen atoms in total. The standard InChI is InChI=1S/C13H18N2O3/c1-10(18-11(2)16)14-15-13(17)9-8-12-6-4-3-5-7-12/h3-7,10,14H,8-9H2,1-2H3,(H,15,17). The maximum atomic E-state index is 11.5. The van der Waals surface area contributed by atoms with Crippen LogP contribution in [0.5, 0.6) is 0 Å². The number of hydrogen-bond donors (Lipinski definition) is 2. The summed E-state index contributed by atoms with van der Waals surface area (Å²) < 4.78 is 4.80. The fourth-order valence-corrected chi connectivity index (χ4v) is 1.43. The Bertz CT molecular complexity index is 392. The average Bonchev–Trinajstić information content (AvgIpc) is 2.34. The number of ether oxygens (including phenoxy) is 1. The molecule has 1 aromatic rings. The van der Waals surface area contributed by atoms with Crippen LogP contribution in [0.3, 0.4) is 0 Å². The third-order valence-corrected chi connectivity index (χ3v) is 2.24. The van der Waals surface area contributed by atoms with Gasteiger partial charge in [-0.3, -0.25) is 15.0 Å². The molecule has 0 saturated heterocycles. The second kappa shape index (κ2) is 7.45. The summed E-state index contributed by atoms with van der Waals surface area (Å²) in [5.41, 5.74) is 6.21.